The number of likely N-dealkylation sites (tertiary alicyclic amines) is 1. The topological polar surface area (TPSA) is 52.6 Å². The van der Waals surface area contributed by atoms with Gasteiger partial charge in [0.1, 0.15) is 5.01 Å². The number of hydrogen-bond acceptors (Lipinski definition) is 4. The molecule has 6 heteroatoms. The molecule has 1 saturated heterocycles. The van der Waals surface area contributed by atoms with Gasteiger partial charge in [-0.05, 0) is 44.1 Å². The van der Waals surface area contributed by atoms with Crippen LogP contribution in [0, 0.1) is 11.8 Å². The smallest absolute Gasteiger partial charge is 0.191 e. The van der Waals surface area contributed by atoms with Gasteiger partial charge in [-0.2, -0.15) is 0 Å². The lowest BCUT2D eigenvalue weighted by Gasteiger charge is -2.34. The monoisotopic (exact) mass is 365 g/mol. The summed E-state index contributed by atoms with van der Waals surface area (Å²) in [7, 11) is 1.82. The Morgan fingerprint density at radius 1 is 1.28 bits per heavy atom. The first-order chi connectivity index (χ1) is 12.1. The Morgan fingerprint density at radius 3 is 2.68 bits per heavy atom. The van der Waals surface area contributed by atoms with E-state index in [9.17, 15) is 0 Å². The highest BCUT2D eigenvalue weighted by Gasteiger charge is 2.20. The summed E-state index contributed by atoms with van der Waals surface area (Å²) in [5.41, 5.74) is 0. The van der Waals surface area contributed by atoms with Gasteiger partial charge in [-0.25, -0.2) is 4.98 Å². The maximum absolute atomic E-state index is 4.43. The van der Waals surface area contributed by atoms with Crippen molar-refractivity contribution in [3.8, 4) is 0 Å². The van der Waals surface area contributed by atoms with Crippen molar-refractivity contribution in [2.45, 2.75) is 53.0 Å². The summed E-state index contributed by atoms with van der Waals surface area (Å²) in [5, 5.41) is 7.88. The highest BCUT2D eigenvalue weighted by molar-refractivity contribution is 7.11. The van der Waals surface area contributed by atoms with E-state index in [1.807, 2.05) is 13.2 Å². The SMILES string of the molecule is CCc1cnc(CNC(=NC)NCCCCN2CC(C)CC(C)C2)s1. The van der Waals surface area contributed by atoms with E-state index in [0.29, 0.717) is 0 Å². The number of aryl methyl sites for hydroxylation is 1. The van der Waals surface area contributed by atoms with Crippen molar-refractivity contribution in [1.82, 2.24) is 20.5 Å². The number of aromatic nitrogens is 1. The number of thiazole rings is 1. The van der Waals surface area contributed by atoms with Crippen LogP contribution >= 0.6 is 11.3 Å². The summed E-state index contributed by atoms with van der Waals surface area (Å²) in [6, 6.07) is 0. The number of unbranched alkanes of at least 4 members (excludes halogenated alkanes) is 1. The highest BCUT2D eigenvalue weighted by atomic mass is 32.1. The van der Waals surface area contributed by atoms with Gasteiger partial charge in [-0.1, -0.05) is 20.8 Å². The predicted molar refractivity (Wildman–Crippen MR) is 108 cm³/mol. The minimum atomic E-state index is 0.744. The molecule has 0 radical (unpaired) electrons. The maximum atomic E-state index is 4.43. The number of nitrogens with zero attached hydrogens (tertiary/aromatic N) is 3. The van der Waals surface area contributed by atoms with Gasteiger partial charge in [-0.3, -0.25) is 4.99 Å². The average Bonchev–Trinajstić information content (AvgIpc) is 3.04. The van der Waals surface area contributed by atoms with Crippen LogP contribution in [-0.2, 0) is 13.0 Å². The van der Waals surface area contributed by atoms with E-state index in [0.717, 1.165) is 42.3 Å². The van der Waals surface area contributed by atoms with Gasteiger partial charge in [0.05, 0.1) is 6.54 Å². The molecule has 0 aromatic carbocycles. The van der Waals surface area contributed by atoms with Crippen LogP contribution in [0.5, 0.6) is 0 Å². The Morgan fingerprint density at radius 2 is 2.04 bits per heavy atom. The zero-order chi connectivity index (χ0) is 18.1. The Labute approximate surface area is 157 Å². The first-order valence-corrected chi connectivity index (χ1v) is 10.5. The van der Waals surface area contributed by atoms with E-state index in [4.69, 9.17) is 0 Å². The fraction of sp³-hybridized carbons (Fsp3) is 0.789. The zero-order valence-corrected chi connectivity index (χ0v) is 17.2. The zero-order valence-electron chi connectivity index (χ0n) is 16.3. The molecule has 2 N–H and O–H groups in total. The van der Waals surface area contributed by atoms with E-state index < -0.39 is 0 Å². The van der Waals surface area contributed by atoms with Crippen molar-refractivity contribution in [3.05, 3.63) is 16.1 Å². The normalized spacial score (nSPS) is 22.2. The third-order valence-electron chi connectivity index (χ3n) is 4.72. The Kier molecular flexibility index (Phi) is 8.68. The molecule has 2 rings (SSSR count). The summed E-state index contributed by atoms with van der Waals surface area (Å²) in [6.45, 7) is 12.4. The van der Waals surface area contributed by atoms with Gasteiger partial charge in [0.2, 0.25) is 0 Å². The molecule has 2 atom stereocenters. The molecule has 1 aromatic heterocycles. The summed E-state index contributed by atoms with van der Waals surface area (Å²) >= 11 is 1.77. The van der Waals surface area contributed by atoms with Crippen LogP contribution in [0.4, 0.5) is 0 Å². The molecular weight excluding hydrogens is 330 g/mol. The Bertz CT molecular complexity index is 518. The van der Waals surface area contributed by atoms with Gasteiger partial charge in [0.15, 0.2) is 5.96 Å². The van der Waals surface area contributed by atoms with Crippen LogP contribution < -0.4 is 10.6 Å². The lowest BCUT2D eigenvalue weighted by Crippen LogP contribution is -2.40. The van der Waals surface area contributed by atoms with Crippen molar-refractivity contribution < 1.29 is 0 Å². The minimum Gasteiger partial charge on any atom is -0.356 e. The van der Waals surface area contributed by atoms with E-state index in [1.165, 1.54) is 43.8 Å². The number of piperidine rings is 1. The fourth-order valence-electron chi connectivity index (χ4n) is 3.61. The van der Waals surface area contributed by atoms with Crippen molar-refractivity contribution in [2.75, 3.05) is 33.2 Å². The van der Waals surface area contributed by atoms with Crippen molar-refractivity contribution in [3.63, 3.8) is 0 Å². The van der Waals surface area contributed by atoms with Gasteiger partial charge in [-0.15, -0.1) is 11.3 Å². The van der Waals surface area contributed by atoms with Crippen LogP contribution in [0.1, 0.15) is 49.9 Å². The van der Waals surface area contributed by atoms with Gasteiger partial charge in [0.25, 0.3) is 0 Å². The third-order valence-corrected chi connectivity index (χ3v) is 5.86. The molecule has 1 fully saturated rings. The Hall–Kier alpha value is -1.14. The van der Waals surface area contributed by atoms with E-state index in [2.05, 4.69) is 46.3 Å². The molecule has 5 nitrogen and oxygen atoms in total. The molecule has 2 unspecified atom stereocenters. The molecule has 0 amide bonds. The largest absolute Gasteiger partial charge is 0.356 e. The summed E-state index contributed by atoms with van der Waals surface area (Å²) in [4.78, 5) is 12.7. The third kappa shape index (κ3) is 7.32. The second-order valence-electron chi connectivity index (χ2n) is 7.34. The number of aliphatic imine (C=N–C) groups is 1. The lowest BCUT2D eigenvalue weighted by molar-refractivity contribution is 0.139. The molecule has 1 aliphatic rings. The van der Waals surface area contributed by atoms with E-state index >= 15 is 0 Å². The number of nitrogens with one attached hydrogen (secondary N) is 2. The molecular formula is C19H35N5S. The first-order valence-electron chi connectivity index (χ1n) is 9.71. The number of guanidine groups is 1. The highest BCUT2D eigenvalue weighted by Crippen LogP contribution is 2.20. The molecule has 25 heavy (non-hydrogen) atoms. The molecule has 1 aromatic rings. The fourth-order valence-corrected chi connectivity index (χ4v) is 4.42. The van der Waals surface area contributed by atoms with Gasteiger partial charge in [0, 0.05) is 37.8 Å². The number of hydrogen-bond donors (Lipinski definition) is 2. The van der Waals surface area contributed by atoms with E-state index in [1.54, 1.807) is 11.3 Å². The first kappa shape index (κ1) is 20.2. The molecule has 0 saturated carbocycles. The number of rotatable bonds is 8. The molecule has 0 bridgehead atoms. The maximum Gasteiger partial charge on any atom is 0.191 e. The van der Waals surface area contributed by atoms with Crippen LogP contribution in [-0.4, -0.2) is 49.1 Å². The average molecular weight is 366 g/mol. The molecule has 142 valence electrons. The quantitative estimate of drug-likeness (QED) is 0.422. The van der Waals surface area contributed by atoms with Crippen LogP contribution in [0.2, 0.25) is 0 Å². The summed E-state index contributed by atoms with van der Waals surface area (Å²) in [6.07, 6.45) is 6.84. The van der Waals surface area contributed by atoms with Crippen molar-refractivity contribution >= 4 is 17.3 Å². The molecule has 2 heterocycles. The van der Waals surface area contributed by atoms with Gasteiger partial charge >= 0.3 is 0 Å². The Balaban J connectivity index is 1.58. The predicted octanol–water partition coefficient (Wildman–Crippen LogP) is 3.13. The molecule has 1 aliphatic heterocycles. The minimum absolute atomic E-state index is 0.744. The second-order valence-corrected chi connectivity index (χ2v) is 8.54. The van der Waals surface area contributed by atoms with E-state index in [-0.39, 0.29) is 0 Å². The van der Waals surface area contributed by atoms with Crippen LogP contribution in [0.25, 0.3) is 0 Å². The summed E-state index contributed by atoms with van der Waals surface area (Å²) < 4.78 is 0. The summed E-state index contributed by atoms with van der Waals surface area (Å²) in [5.74, 6) is 2.57. The molecule has 0 spiro atoms. The standard InChI is InChI=1S/C19H35N5S/c1-5-17-11-22-18(25-17)12-23-19(20-4)21-8-6-7-9-24-13-15(2)10-16(3)14-24/h11,15-16H,5-10,12-14H2,1-4H3,(H2,20,21,23). The van der Waals surface area contributed by atoms with Gasteiger partial charge < -0.3 is 15.5 Å². The second kappa shape index (κ2) is 10.8. The van der Waals surface area contributed by atoms with Crippen molar-refractivity contribution in [1.29, 1.82) is 0 Å². The lowest BCUT2D eigenvalue weighted by atomic mass is 9.92. The van der Waals surface area contributed by atoms with Crippen LogP contribution in [0.3, 0.4) is 0 Å². The van der Waals surface area contributed by atoms with Crippen molar-refractivity contribution in [2.24, 2.45) is 16.8 Å². The van der Waals surface area contributed by atoms with Crippen LogP contribution in [0.15, 0.2) is 11.2 Å². The molecule has 0 aliphatic carbocycles.